The van der Waals surface area contributed by atoms with Crippen LogP contribution in [0.4, 0.5) is 5.82 Å². The fourth-order valence-electron chi connectivity index (χ4n) is 1.91. The third kappa shape index (κ3) is 3.60. The minimum absolute atomic E-state index is 0.382. The van der Waals surface area contributed by atoms with Gasteiger partial charge in [-0.2, -0.15) is 0 Å². The number of hydrogen-bond donors (Lipinski definition) is 2. The van der Waals surface area contributed by atoms with Crippen LogP contribution in [-0.4, -0.2) is 16.2 Å². The Hall–Kier alpha value is -1.29. The maximum Gasteiger partial charge on any atom is 0.126 e. The van der Waals surface area contributed by atoms with Gasteiger partial charge in [-0.25, -0.2) is 4.98 Å². The fourth-order valence-corrected chi connectivity index (χ4v) is 2.46. The molecule has 1 atom stereocenters. The monoisotopic (exact) mass is 296 g/mol. The standard InChI is InChI=1S/C14H14Cl2N2O/c15-12-4-1-5-13(16)11(12)8-10(19)7-9-3-2-6-18-14(9)17/h1-6,10,19H,7-8H2,(H2,17,18). The highest BCUT2D eigenvalue weighted by Gasteiger charge is 2.13. The van der Waals surface area contributed by atoms with Crippen LogP contribution in [0.1, 0.15) is 11.1 Å². The number of aliphatic hydroxyl groups is 1. The Balaban J connectivity index is 2.10. The third-order valence-corrected chi connectivity index (χ3v) is 3.59. The van der Waals surface area contributed by atoms with Crippen molar-refractivity contribution in [2.45, 2.75) is 18.9 Å². The molecule has 0 radical (unpaired) electrons. The Morgan fingerprint density at radius 1 is 1.11 bits per heavy atom. The highest BCUT2D eigenvalue weighted by Crippen LogP contribution is 2.26. The number of hydrogen-bond acceptors (Lipinski definition) is 3. The van der Waals surface area contributed by atoms with Crippen molar-refractivity contribution in [1.82, 2.24) is 4.98 Å². The summed E-state index contributed by atoms with van der Waals surface area (Å²) in [6, 6.07) is 8.93. The average Bonchev–Trinajstić information content (AvgIpc) is 2.37. The van der Waals surface area contributed by atoms with Gasteiger partial charge in [0.05, 0.1) is 6.10 Å². The van der Waals surface area contributed by atoms with Gasteiger partial charge in [-0.1, -0.05) is 35.3 Å². The molecule has 0 saturated heterocycles. The number of aromatic nitrogens is 1. The van der Waals surface area contributed by atoms with Crippen LogP contribution >= 0.6 is 23.2 Å². The van der Waals surface area contributed by atoms with Crippen molar-refractivity contribution in [3.63, 3.8) is 0 Å². The van der Waals surface area contributed by atoms with E-state index < -0.39 is 6.10 Å². The first-order valence-electron chi connectivity index (χ1n) is 5.88. The SMILES string of the molecule is Nc1ncccc1CC(O)Cc1c(Cl)cccc1Cl. The van der Waals surface area contributed by atoms with Crippen LogP contribution in [0.3, 0.4) is 0 Å². The summed E-state index contributed by atoms with van der Waals surface area (Å²) >= 11 is 12.2. The molecule has 5 heteroatoms. The highest BCUT2D eigenvalue weighted by molar-refractivity contribution is 6.35. The largest absolute Gasteiger partial charge is 0.392 e. The fraction of sp³-hybridized carbons (Fsp3) is 0.214. The summed E-state index contributed by atoms with van der Waals surface area (Å²) in [4.78, 5) is 3.99. The first-order valence-corrected chi connectivity index (χ1v) is 6.64. The number of aliphatic hydroxyl groups excluding tert-OH is 1. The van der Waals surface area contributed by atoms with E-state index in [1.807, 2.05) is 6.07 Å². The molecule has 0 spiro atoms. The molecule has 3 N–H and O–H groups in total. The van der Waals surface area contributed by atoms with Gasteiger partial charge in [-0.05, 0) is 29.3 Å². The summed E-state index contributed by atoms with van der Waals surface area (Å²) in [5.74, 6) is 0.437. The number of pyridine rings is 1. The molecule has 0 aliphatic carbocycles. The van der Waals surface area contributed by atoms with Gasteiger partial charge in [0.15, 0.2) is 0 Å². The molecule has 0 bridgehead atoms. The van der Waals surface area contributed by atoms with Gasteiger partial charge in [0.1, 0.15) is 5.82 Å². The molecule has 1 unspecified atom stereocenters. The van der Waals surface area contributed by atoms with Crippen LogP contribution in [0.15, 0.2) is 36.5 Å². The molecule has 0 fully saturated rings. The molecule has 0 saturated carbocycles. The number of anilines is 1. The van der Waals surface area contributed by atoms with E-state index in [0.29, 0.717) is 28.7 Å². The van der Waals surface area contributed by atoms with E-state index in [1.54, 1.807) is 30.5 Å². The number of rotatable bonds is 4. The summed E-state index contributed by atoms with van der Waals surface area (Å²) in [6.07, 6.45) is 1.81. The van der Waals surface area contributed by atoms with E-state index in [9.17, 15) is 5.11 Å². The second kappa shape index (κ2) is 6.24. The molecule has 0 amide bonds. The maximum atomic E-state index is 10.1. The predicted octanol–water partition coefficient (Wildman–Crippen LogP) is 3.12. The minimum Gasteiger partial charge on any atom is -0.392 e. The van der Waals surface area contributed by atoms with E-state index in [4.69, 9.17) is 28.9 Å². The third-order valence-electron chi connectivity index (χ3n) is 2.88. The Morgan fingerprint density at radius 3 is 2.42 bits per heavy atom. The zero-order chi connectivity index (χ0) is 13.8. The molecular formula is C14H14Cl2N2O. The van der Waals surface area contributed by atoms with E-state index in [0.717, 1.165) is 11.1 Å². The van der Waals surface area contributed by atoms with Crippen molar-refractivity contribution in [3.05, 3.63) is 57.7 Å². The molecule has 0 aliphatic rings. The number of benzene rings is 1. The second-order valence-electron chi connectivity index (χ2n) is 4.31. The van der Waals surface area contributed by atoms with Gasteiger partial charge in [0, 0.05) is 29.1 Å². The molecule has 1 heterocycles. The predicted molar refractivity (Wildman–Crippen MR) is 78.5 cm³/mol. The molecule has 1 aromatic carbocycles. The Kier molecular flexibility index (Phi) is 4.64. The lowest BCUT2D eigenvalue weighted by Crippen LogP contribution is -2.16. The summed E-state index contributed by atoms with van der Waals surface area (Å²) in [7, 11) is 0. The lowest BCUT2D eigenvalue weighted by Gasteiger charge is -2.14. The molecule has 3 nitrogen and oxygen atoms in total. The number of nitrogens with zero attached hydrogens (tertiary/aromatic N) is 1. The number of nitrogens with two attached hydrogens (primary N) is 1. The van der Waals surface area contributed by atoms with Crippen LogP contribution in [0, 0.1) is 0 Å². The Morgan fingerprint density at radius 2 is 1.79 bits per heavy atom. The Bertz CT molecular complexity index is 555. The van der Waals surface area contributed by atoms with Crippen LogP contribution in [0.5, 0.6) is 0 Å². The van der Waals surface area contributed by atoms with Gasteiger partial charge < -0.3 is 10.8 Å². The van der Waals surface area contributed by atoms with Crippen molar-refractivity contribution in [2.24, 2.45) is 0 Å². The summed E-state index contributed by atoms with van der Waals surface area (Å²) < 4.78 is 0. The normalized spacial score (nSPS) is 12.4. The molecular weight excluding hydrogens is 283 g/mol. The molecule has 2 aromatic rings. The molecule has 0 aliphatic heterocycles. The summed E-state index contributed by atoms with van der Waals surface area (Å²) in [6.45, 7) is 0. The summed E-state index contributed by atoms with van der Waals surface area (Å²) in [5.41, 5.74) is 7.32. The average molecular weight is 297 g/mol. The number of halogens is 2. The minimum atomic E-state index is -0.608. The van der Waals surface area contributed by atoms with Crippen LogP contribution in [-0.2, 0) is 12.8 Å². The van der Waals surface area contributed by atoms with Crippen molar-refractivity contribution < 1.29 is 5.11 Å². The molecule has 19 heavy (non-hydrogen) atoms. The smallest absolute Gasteiger partial charge is 0.126 e. The van der Waals surface area contributed by atoms with Crippen LogP contribution < -0.4 is 5.73 Å². The summed E-state index contributed by atoms with van der Waals surface area (Å²) in [5, 5.41) is 11.3. The molecule has 2 rings (SSSR count). The van der Waals surface area contributed by atoms with Crippen molar-refractivity contribution >= 4 is 29.0 Å². The van der Waals surface area contributed by atoms with E-state index >= 15 is 0 Å². The lowest BCUT2D eigenvalue weighted by atomic mass is 10.0. The Labute approximate surface area is 122 Å². The van der Waals surface area contributed by atoms with Gasteiger partial charge in [0.2, 0.25) is 0 Å². The van der Waals surface area contributed by atoms with Crippen molar-refractivity contribution in [3.8, 4) is 0 Å². The van der Waals surface area contributed by atoms with Gasteiger partial charge in [0.25, 0.3) is 0 Å². The topological polar surface area (TPSA) is 59.1 Å². The first-order chi connectivity index (χ1) is 9.08. The number of nitrogen functional groups attached to an aromatic ring is 1. The van der Waals surface area contributed by atoms with E-state index in [-0.39, 0.29) is 0 Å². The quantitative estimate of drug-likeness (QED) is 0.911. The lowest BCUT2D eigenvalue weighted by molar-refractivity contribution is 0.175. The second-order valence-corrected chi connectivity index (χ2v) is 5.12. The van der Waals surface area contributed by atoms with Gasteiger partial charge in [-0.3, -0.25) is 0 Å². The van der Waals surface area contributed by atoms with Gasteiger partial charge >= 0.3 is 0 Å². The highest BCUT2D eigenvalue weighted by atomic mass is 35.5. The van der Waals surface area contributed by atoms with Crippen molar-refractivity contribution in [1.29, 1.82) is 0 Å². The zero-order valence-electron chi connectivity index (χ0n) is 10.2. The van der Waals surface area contributed by atoms with Crippen LogP contribution in [0.2, 0.25) is 10.0 Å². The molecule has 100 valence electrons. The first kappa shape index (κ1) is 14.1. The van der Waals surface area contributed by atoms with E-state index in [1.165, 1.54) is 0 Å². The van der Waals surface area contributed by atoms with E-state index in [2.05, 4.69) is 4.98 Å². The van der Waals surface area contributed by atoms with Crippen LogP contribution in [0.25, 0.3) is 0 Å². The molecule has 1 aromatic heterocycles. The van der Waals surface area contributed by atoms with Crippen molar-refractivity contribution in [2.75, 3.05) is 5.73 Å². The maximum absolute atomic E-state index is 10.1. The van der Waals surface area contributed by atoms with Gasteiger partial charge in [-0.15, -0.1) is 0 Å². The zero-order valence-corrected chi connectivity index (χ0v) is 11.7.